The predicted molar refractivity (Wildman–Crippen MR) is 41.1 cm³/mol. The second-order valence-electron chi connectivity index (χ2n) is 1.84. The fourth-order valence-electron chi connectivity index (χ4n) is 0.622. The molecule has 0 bridgehead atoms. The van der Waals surface area contributed by atoms with Crippen molar-refractivity contribution >= 4 is 15.5 Å². The zero-order valence-electron chi connectivity index (χ0n) is 6.30. The second kappa shape index (κ2) is 6.51. The molecule has 1 aromatic carbocycles. The molecular formula is C8H7ClOZn. The van der Waals surface area contributed by atoms with Gasteiger partial charge in [0.2, 0.25) is 0 Å². The zero-order chi connectivity index (χ0) is 8.69. The van der Waals surface area contributed by atoms with Crippen LogP contribution in [0.4, 0.5) is 0 Å². The van der Waals surface area contributed by atoms with E-state index in [0.717, 1.165) is 22.9 Å². The number of rotatable bonds is 1. The molecular weight excluding hydrogens is 213 g/mol. The van der Waals surface area contributed by atoms with Gasteiger partial charge in [0.1, 0.15) is 5.78 Å². The number of carbonyl (C=O) groups excluding carboxylic acids is 1. The fourth-order valence-corrected chi connectivity index (χ4v) is 0.622. The number of hydrogen-bond acceptors (Lipinski definition) is 1. The van der Waals surface area contributed by atoms with Gasteiger partial charge in [0, 0.05) is 0 Å². The van der Waals surface area contributed by atoms with Crippen LogP contribution in [-0.4, -0.2) is 5.78 Å². The van der Waals surface area contributed by atoms with Crippen LogP contribution < -0.4 is 0 Å². The van der Waals surface area contributed by atoms with E-state index < -0.39 is 0 Å². The predicted octanol–water partition coefficient (Wildman–Crippen LogP) is 2.38. The molecule has 0 saturated carbocycles. The number of carbonyl (C=O) groups is 1. The van der Waals surface area contributed by atoms with Crippen LogP contribution in [0, 0.1) is 6.07 Å². The maximum atomic E-state index is 10.6. The van der Waals surface area contributed by atoms with E-state index in [9.17, 15) is 4.79 Å². The molecule has 0 aliphatic rings. The quantitative estimate of drug-likeness (QED) is 0.403. The summed E-state index contributed by atoms with van der Waals surface area (Å²) < 4.78 is 0. The van der Waals surface area contributed by atoms with Gasteiger partial charge in [0.05, 0.1) is 0 Å². The monoisotopic (exact) mass is 218 g/mol. The first-order chi connectivity index (χ1) is 5.30. The minimum atomic E-state index is 0.101. The zero-order valence-corrected chi connectivity index (χ0v) is 10.0. The van der Waals surface area contributed by atoms with Gasteiger partial charge < -0.3 is 0 Å². The summed E-state index contributed by atoms with van der Waals surface area (Å²) in [5.74, 6) is 0.101. The first-order valence-corrected chi connectivity index (χ1v) is 6.94. The maximum absolute atomic E-state index is 10.6. The van der Waals surface area contributed by atoms with Crippen molar-refractivity contribution in [3.05, 3.63) is 35.9 Å². The average Bonchev–Trinajstić information content (AvgIpc) is 2.10. The summed E-state index contributed by atoms with van der Waals surface area (Å²) in [4.78, 5) is 10.6. The molecule has 0 amide bonds. The summed E-state index contributed by atoms with van der Waals surface area (Å²) >= 11 is 0.847. The van der Waals surface area contributed by atoms with Gasteiger partial charge in [-0.05, 0) is 6.92 Å². The summed E-state index contributed by atoms with van der Waals surface area (Å²) in [7, 11) is 4.76. The Morgan fingerprint density at radius 1 is 1.45 bits per heavy atom. The Morgan fingerprint density at radius 3 is 2.18 bits per heavy atom. The molecule has 1 rings (SSSR count). The molecule has 1 aromatic rings. The van der Waals surface area contributed by atoms with Crippen molar-refractivity contribution in [1.82, 2.24) is 0 Å². The number of halogens is 1. The molecule has 0 aliphatic carbocycles. The second-order valence-corrected chi connectivity index (χ2v) is 1.84. The molecule has 0 atom stereocenters. The molecule has 54 valence electrons. The SMILES string of the molecule is CC(=O)c1cc[c-]cc1.[Cl][Zn+]. The Morgan fingerprint density at radius 2 is 1.91 bits per heavy atom. The molecule has 0 unspecified atom stereocenters. The summed E-state index contributed by atoms with van der Waals surface area (Å²) in [6.07, 6.45) is 0. The summed E-state index contributed by atoms with van der Waals surface area (Å²) in [5.41, 5.74) is 0.744. The topological polar surface area (TPSA) is 17.1 Å². The van der Waals surface area contributed by atoms with E-state index >= 15 is 0 Å². The molecule has 11 heavy (non-hydrogen) atoms. The molecule has 0 N–H and O–H groups in total. The van der Waals surface area contributed by atoms with E-state index in [2.05, 4.69) is 6.07 Å². The van der Waals surface area contributed by atoms with Gasteiger partial charge in [0.15, 0.2) is 0 Å². The normalized spacial score (nSPS) is 8.00. The van der Waals surface area contributed by atoms with Crippen LogP contribution in [0.25, 0.3) is 0 Å². The van der Waals surface area contributed by atoms with E-state index in [4.69, 9.17) is 9.69 Å². The molecule has 0 saturated heterocycles. The van der Waals surface area contributed by atoms with E-state index in [0.29, 0.717) is 0 Å². The van der Waals surface area contributed by atoms with Crippen molar-refractivity contribution in [2.24, 2.45) is 0 Å². The molecule has 0 fully saturated rings. The third-order valence-corrected chi connectivity index (χ3v) is 1.12. The first-order valence-electron chi connectivity index (χ1n) is 3.04. The van der Waals surface area contributed by atoms with Crippen LogP contribution in [-0.2, 0) is 17.3 Å². The van der Waals surface area contributed by atoms with E-state index in [-0.39, 0.29) is 5.78 Å². The minimum absolute atomic E-state index is 0.101. The molecule has 3 heteroatoms. The van der Waals surface area contributed by atoms with Crippen LogP contribution in [0.15, 0.2) is 24.3 Å². The van der Waals surface area contributed by atoms with Crippen molar-refractivity contribution in [3.8, 4) is 0 Å². The van der Waals surface area contributed by atoms with Gasteiger partial charge in [-0.3, -0.25) is 4.79 Å². The Kier molecular flexibility index (Phi) is 6.39. The van der Waals surface area contributed by atoms with Gasteiger partial charge in [-0.1, -0.05) is 5.56 Å². The summed E-state index contributed by atoms with van der Waals surface area (Å²) in [6.45, 7) is 1.55. The number of benzene rings is 1. The third-order valence-electron chi connectivity index (χ3n) is 1.12. The van der Waals surface area contributed by atoms with E-state index in [1.54, 1.807) is 31.2 Å². The van der Waals surface area contributed by atoms with Gasteiger partial charge in [-0.2, -0.15) is 30.3 Å². The van der Waals surface area contributed by atoms with Crippen LogP contribution >= 0.6 is 9.69 Å². The fraction of sp³-hybridized carbons (Fsp3) is 0.125. The molecule has 0 heterocycles. The van der Waals surface area contributed by atoms with Crippen molar-refractivity contribution in [2.45, 2.75) is 6.92 Å². The van der Waals surface area contributed by atoms with Crippen molar-refractivity contribution in [1.29, 1.82) is 0 Å². The van der Waals surface area contributed by atoms with Gasteiger partial charge in [0.25, 0.3) is 0 Å². The van der Waals surface area contributed by atoms with Crippen LogP contribution in [0.1, 0.15) is 17.3 Å². The van der Waals surface area contributed by atoms with Gasteiger partial charge >= 0.3 is 27.0 Å². The number of ketones is 1. The number of hydrogen-bond donors (Lipinski definition) is 0. The summed E-state index contributed by atoms with van der Waals surface area (Å²) in [5, 5.41) is 0. The van der Waals surface area contributed by atoms with Crippen molar-refractivity contribution < 1.29 is 22.1 Å². The molecule has 0 aromatic heterocycles. The number of Topliss-reactive ketones (excluding diaryl/α,β-unsaturated/α-hetero) is 1. The molecule has 0 spiro atoms. The van der Waals surface area contributed by atoms with Crippen LogP contribution in [0.3, 0.4) is 0 Å². The van der Waals surface area contributed by atoms with E-state index in [1.165, 1.54) is 0 Å². The average molecular weight is 220 g/mol. The Bertz CT molecular complexity index is 211. The van der Waals surface area contributed by atoms with Crippen LogP contribution in [0.2, 0.25) is 0 Å². The van der Waals surface area contributed by atoms with Crippen LogP contribution in [0.5, 0.6) is 0 Å². The first kappa shape index (κ1) is 10.8. The Labute approximate surface area is 80.5 Å². The van der Waals surface area contributed by atoms with E-state index in [1.807, 2.05) is 0 Å². The summed E-state index contributed by atoms with van der Waals surface area (Å²) in [6, 6.07) is 9.81. The van der Waals surface area contributed by atoms with Gasteiger partial charge in [-0.25, -0.2) is 0 Å². The Hall–Kier alpha value is -0.197. The van der Waals surface area contributed by atoms with Crippen molar-refractivity contribution in [2.75, 3.05) is 0 Å². The molecule has 0 radical (unpaired) electrons. The third kappa shape index (κ3) is 4.28. The Balaban J connectivity index is 0.000000461. The standard InChI is InChI=1S/C8H7O.ClH.Zn/c1-7(9)8-5-3-2-4-6-8;;/h3-6H,1H3;1H;/q-1;;+2/p-1. The van der Waals surface area contributed by atoms with Crippen molar-refractivity contribution in [3.63, 3.8) is 0 Å². The molecule has 1 nitrogen and oxygen atoms in total. The van der Waals surface area contributed by atoms with Gasteiger partial charge in [-0.15, -0.1) is 0 Å². The molecule has 0 aliphatic heterocycles.